The third kappa shape index (κ3) is 2.72. The van der Waals surface area contributed by atoms with Crippen LogP contribution in [0, 0.1) is 16.4 Å². The van der Waals surface area contributed by atoms with Gasteiger partial charge in [0.1, 0.15) is 0 Å². The summed E-state index contributed by atoms with van der Waals surface area (Å²) in [6, 6.07) is 11.5. The molecule has 3 rings (SSSR count). The molecule has 0 bridgehead atoms. The molecule has 1 aliphatic carbocycles. The van der Waals surface area contributed by atoms with E-state index in [1.807, 2.05) is 11.3 Å². The van der Waals surface area contributed by atoms with Crippen molar-refractivity contribution in [1.82, 2.24) is 0 Å². The number of aryl methyl sites for hydroxylation is 1. The van der Waals surface area contributed by atoms with Crippen LogP contribution in [0.4, 0.5) is 5.69 Å². The number of hydrogen-bond donors (Lipinski definition) is 1. The van der Waals surface area contributed by atoms with E-state index in [9.17, 15) is 0 Å². The van der Waals surface area contributed by atoms with Crippen LogP contribution in [-0.2, 0) is 0 Å². The number of benzene rings is 1. The maximum absolute atomic E-state index is 3.75. The maximum Gasteiger partial charge on any atom is 0.0634 e. The highest BCUT2D eigenvalue weighted by Crippen LogP contribution is 2.44. The summed E-state index contributed by atoms with van der Waals surface area (Å²) in [6.07, 6.45) is 2.72. The first-order chi connectivity index (χ1) is 8.74. The van der Waals surface area contributed by atoms with Crippen LogP contribution in [0.5, 0.6) is 0 Å². The molecule has 0 aliphatic heterocycles. The zero-order valence-electron chi connectivity index (χ0n) is 10.3. The monoisotopic (exact) mass is 369 g/mol. The Kier molecular flexibility index (Phi) is 3.61. The number of anilines is 1. The lowest BCUT2D eigenvalue weighted by atomic mass is 10.1. The van der Waals surface area contributed by atoms with Crippen molar-refractivity contribution >= 4 is 39.6 Å². The van der Waals surface area contributed by atoms with Crippen LogP contribution in [0.2, 0.25) is 0 Å². The van der Waals surface area contributed by atoms with Crippen molar-refractivity contribution in [2.45, 2.75) is 25.8 Å². The van der Waals surface area contributed by atoms with Crippen molar-refractivity contribution < 1.29 is 0 Å². The van der Waals surface area contributed by atoms with Gasteiger partial charge in [0.25, 0.3) is 0 Å². The Bertz CT molecular complexity index is 531. The summed E-state index contributed by atoms with van der Waals surface area (Å²) in [6.45, 7) is 2.18. The second-order valence-electron chi connectivity index (χ2n) is 4.93. The van der Waals surface area contributed by atoms with Crippen LogP contribution in [0.15, 0.2) is 35.7 Å². The Labute approximate surface area is 126 Å². The first-order valence-electron chi connectivity index (χ1n) is 6.30. The zero-order valence-corrected chi connectivity index (χ0v) is 13.3. The normalized spacial score (nSPS) is 16.6. The van der Waals surface area contributed by atoms with Gasteiger partial charge in [-0.15, -0.1) is 11.3 Å². The molecule has 0 amide bonds. The van der Waals surface area contributed by atoms with Crippen molar-refractivity contribution in [3.05, 3.63) is 49.7 Å². The van der Waals surface area contributed by atoms with Gasteiger partial charge in [-0.25, -0.2) is 0 Å². The molecule has 0 saturated heterocycles. The van der Waals surface area contributed by atoms with Crippen LogP contribution in [0.3, 0.4) is 0 Å². The van der Waals surface area contributed by atoms with E-state index in [1.165, 1.54) is 32.5 Å². The molecule has 1 aromatic heterocycles. The molecule has 94 valence electrons. The van der Waals surface area contributed by atoms with E-state index >= 15 is 0 Å². The molecular formula is C15H16INS. The average Bonchev–Trinajstić information content (AvgIpc) is 3.03. The molecule has 1 nitrogen and oxygen atoms in total. The van der Waals surface area contributed by atoms with Gasteiger partial charge in [0.05, 0.1) is 6.04 Å². The summed E-state index contributed by atoms with van der Waals surface area (Å²) in [5.74, 6) is 0.822. The van der Waals surface area contributed by atoms with Gasteiger partial charge in [-0.1, -0.05) is 6.07 Å². The molecule has 1 heterocycles. The maximum atomic E-state index is 3.75. The SMILES string of the molecule is Cc1cc(I)ccc1NC(c1cccs1)C1CC1. The Morgan fingerprint density at radius 3 is 2.78 bits per heavy atom. The summed E-state index contributed by atoms with van der Waals surface area (Å²) >= 11 is 4.23. The van der Waals surface area contributed by atoms with Gasteiger partial charge in [-0.05, 0) is 83.5 Å². The molecule has 1 saturated carbocycles. The molecule has 1 unspecified atom stereocenters. The van der Waals surface area contributed by atoms with E-state index in [0.29, 0.717) is 6.04 Å². The van der Waals surface area contributed by atoms with Crippen LogP contribution in [0.1, 0.15) is 29.3 Å². The van der Waals surface area contributed by atoms with E-state index in [4.69, 9.17) is 0 Å². The van der Waals surface area contributed by atoms with Gasteiger partial charge in [-0.3, -0.25) is 0 Å². The van der Waals surface area contributed by atoms with E-state index in [1.54, 1.807) is 0 Å². The fourth-order valence-electron chi connectivity index (χ4n) is 2.28. The van der Waals surface area contributed by atoms with Crippen LogP contribution >= 0.6 is 33.9 Å². The van der Waals surface area contributed by atoms with Crippen LogP contribution < -0.4 is 5.32 Å². The average molecular weight is 369 g/mol. The van der Waals surface area contributed by atoms with Gasteiger partial charge >= 0.3 is 0 Å². The molecule has 2 aromatic rings. The minimum atomic E-state index is 0.503. The molecule has 3 heteroatoms. The summed E-state index contributed by atoms with van der Waals surface area (Å²) in [7, 11) is 0. The third-order valence-electron chi connectivity index (χ3n) is 3.44. The second-order valence-corrected chi connectivity index (χ2v) is 7.16. The van der Waals surface area contributed by atoms with Gasteiger partial charge in [0.2, 0.25) is 0 Å². The van der Waals surface area contributed by atoms with Crippen molar-refractivity contribution in [2.75, 3.05) is 5.32 Å². The summed E-state index contributed by atoms with van der Waals surface area (Å²) in [5.41, 5.74) is 2.62. The topological polar surface area (TPSA) is 12.0 Å². The minimum Gasteiger partial charge on any atom is -0.377 e. The van der Waals surface area contributed by atoms with E-state index in [2.05, 4.69) is 70.5 Å². The molecule has 1 aliphatic rings. The molecule has 1 aromatic carbocycles. The second kappa shape index (κ2) is 5.21. The predicted octanol–water partition coefficient (Wildman–Crippen LogP) is 5.22. The van der Waals surface area contributed by atoms with E-state index < -0.39 is 0 Å². The van der Waals surface area contributed by atoms with Gasteiger partial charge in [0, 0.05) is 14.1 Å². The zero-order chi connectivity index (χ0) is 12.5. The smallest absolute Gasteiger partial charge is 0.0634 e. The van der Waals surface area contributed by atoms with Crippen LogP contribution in [0.25, 0.3) is 0 Å². The molecule has 0 spiro atoms. The van der Waals surface area contributed by atoms with Gasteiger partial charge in [-0.2, -0.15) is 0 Å². The lowest BCUT2D eigenvalue weighted by molar-refractivity contribution is 0.690. The first-order valence-corrected chi connectivity index (χ1v) is 8.26. The number of nitrogens with one attached hydrogen (secondary N) is 1. The van der Waals surface area contributed by atoms with Crippen molar-refractivity contribution in [3.8, 4) is 0 Å². The first kappa shape index (κ1) is 12.5. The number of hydrogen-bond acceptors (Lipinski definition) is 2. The lowest BCUT2D eigenvalue weighted by Gasteiger charge is -2.20. The largest absolute Gasteiger partial charge is 0.377 e. The summed E-state index contributed by atoms with van der Waals surface area (Å²) in [5, 5.41) is 5.92. The highest BCUT2D eigenvalue weighted by Gasteiger charge is 2.33. The summed E-state index contributed by atoms with van der Waals surface area (Å²) in [4.78, 5) is 1.47. The summed E-state index contributed by atoms with van der Waals surface area (Å²) < 4.78 is 1.30. The van der Waals surface area contributed by atoms with Gasteiger partial charge < -0.3 is 5.32 Å². The molecule has 1 fully saturated rings. The fourth-order valence-corrected chi connectivity index (χ4v) is 3.79. The number of rotatable bonds is 4. The molecule has 1 atom stereocenters. The van der Waals surface area contributed by atoms with E-state index in [0.717, 1.165) is 5.92 Å². The Hall–Kier alpha value is -0.550. The quantitative estimate of drug-likeness (QED) is 0.729. The predicted molar refractivity (Wildman–Crippen MR) is 87.3 cm³/mol. The molecule has 0 radical (unpaired) electrons. The lowest BCUT2D eigenvalue weighted by Crippen LogP contribution is -2.12. The molecular weight excluding hydrogens is 353 g/mol. The Morgan fingerprint density at radius 1 is 1.33 bits per heavy atom. The standard InChI is InChI=1S/C15H16INS/c1-10-9-12(16)6-7-13(10)17-15(11-4-5-11)14-3-2-8-18-14/h2-3,6-9,11,15,17H,4-5H2,1H3. The van der Waals surface area contributed by atoms with Crippen molar-refractivity contribution in [1.29, 1.82) is 0 Å². The van der Waals surface area contributed by atoms with Crippen molar-refractivity contribution in [2.24, 2.45) is 5.92 Å². The highest BCUT2D eigenvalue weighted by atomic mass is 127. The molecule has 1 N–H and O–H groups in total. The Morgan fingerprint density at radius 2 is 2.17 bits per heavy atom. The van der Waals surface area contributed by atoms with Crippen molar-refractivity contribution in [3.63, 3.8) is 0 Å². The van der Waals surface area contributed by atoms with Gasteiger partial charge in [0.15, 0.2) is 0 Å². The van der Waals surface area contributed by atoms with E-state index in [-0.39, 0.29) is 0 Å². The minimum absolute atomic E-state index is 0.503. The third-order valence-corrected chi connectivity index (χ3v) is 5.07. The fraction of sp³-hybridized carbons (Fsp3) is 0.333. The van der Waals surface area contributed by atoms with Crippen LogP contribution in [-0.4, -0.2) is 0 Å². The number of halogens is 1. The number of thiophene rings is 1. The Balaban J connectivity index is 1.84. The molecule has 18 heavy (non-hydrogen) atoms. The highest BCUT2D eigenvalue weighted by molar-refractivity contribution is 14.1.